The maximum atomic E-state index is 4.17. The normalized spacial score (nSPS) is 10.3. The van der Waals surface area contributed by atoms with E-state index >= 15 is 0 Å². The summed E-state index contributed by atoms with van der Waals surface area (Å²) in [5.41, 5.74) is 1.07. The van der Waals surface area contributed by atoms with Crippen LogP contribution in [0.5, 0.6) is 0 Å². The predicted molar refractivity (Wildman–Crippen MR) is 62.2 cm³/mol. The molecule has 0 saturated carbocycles. The van der Waals surface area contributed by atoms with Crippen molar-refractivity contribution in [3.05, 3.63) is 36.2 Å². The van der Waals surface area contributed by atoms with Crippen LogP contribution in [0.4, 0.5) is 5.95 Å². The van der Waals surface area contributed by atoms with E-state index in [1.807, 2.05) is 25.5 Å². The van der Waals surface area contributed by atoms with E-state index in [9.17, 15) is 0 Å². The largest absolute Gasteiger partial charge is 0.354 e. The standard InChI is InChI=1S/C11H15N5/c1-9-7-15-11(16-8-9)14-4-2-3-10-12-5-6-13-10/h5-8H,2-4H2,1H3,(H,12,13)(H,14,15,16). The molecule has 2 aromatic rings. The quantitative estimate of drug-likeness (QED) is 0.746. The van der Waals surface area contributed by atoms with E-state index in [2.05, 4.69) is 25.3 Å². The van der Waals surface area contributed by atoms with Gasteiger partial charge in [-0.15, -0.1) is 0 Å². The monoisotopic (exact) mass is 217 g/mol. The molecule has 2 N–H and O–H groups in total. The molecule has 16 heavy (non-hydrogen) atoms. The summed E-state index contributed by atoms with van der Waals surface area (Å²) in [6.45, 7) is 2.82. The topological polar surface area (TPSA) is 66.5 Å². The fourth-order valence-electron chi connectivity index (χ4n) is 1.37. The second kappa shape index (κ2) is 5.25. The molecule has 84 valence electrons. The van der Waals surface area contributed by atoms with Crippen LogP contribution >= 0.6 is 0 Å². The Morgan fingerprint density at radius 3 is 2.75 bits per heavy atom. The van der Waals surface area contributed by atoms with Crippen molar-refractivity contribution < 1.29 is 0 Å². The molecule has 0 aromatic carbocycles. The van der Waals surface area contributed by atoms with Gasteiger partial charge in [-0.2, -0.15) is 0 Å². The van der Waals surface area contributed by atoms with Crippen molar-refractivity contribution in [1.82, 2.24) is 19.9 Å². The highest BCUT2D eigenvalue weighted by Crippen LogP contribution is 2.00. The SMILES string of the molecule is Cc1cnc(NCCCc2ncc[nH]2)nc1. The summed E-state index contributed by atoms with van der Waals surface area (Å²) in [5, 5.41) is 3.17. The Bertz CT molecular complexity index is 406. The third kappa shape index (κ3) is 3.05. The van der Waals surface area contributed by atoms with Crippen LogP contribution in [-0.2, 0) is 6.42 Å². The Balaban J connectivity index is 1.70. The molecular formula is C11H15N5. The first-order valence-electron chi connectivity index (χ1n) is 5.35. The molecule has 0 fully saturated rings. The molecule has 2 heterocycles. The zero-order valence-electron chi connectivity index (χ0n) is 9.27. The van der Waals surface area contributed by atoms with Crippen LogP contribution in [0.15, 0.2) is 24.8 Å². The van der Waals surface area contributed by atoms with Gasteiger partial charge in [0.1, 0.15) is 5.82 Å². The molecule has 0 saturated heterocycles. The molecule has 5 heteroatoms. The van der Waals surface area contributed by atoms with Crippen LogP contribution in [0.2, 0.25) is 0 Å². The molecule has 0 unspecified atom stereocenters. The smallest absolute Gasteiger partial charge is 0.222 e. The first-order valence-corrected chi connectivity index (χ1v) is 5.35. The summed E-state index contributed by atoms with van der Waals surface area (Å²) in [4.78, 5) is 15.6. The van der Waals surface area contributed by atoms with Gasteiger partial charge in [0.15, 0.2) is 0 Å². The first-order chi connectivity index (χ1) is 7.84. The third-order valence-electron chi connectivity index (χ3n) is 2.21. The Kier molecular flexibility index (Phi) is 3.48. The number of nitrogens with one attached hydrogen (secondary N) is 2. The van der Waals surface area contributed by atoms with Crippen LogP contribution in [0.3, 0.4) is 0 Å². The van der Waals surface area contributed by atoms with Crippen molar-refractivity contribution in [2.75, 3.05) is 11.9 Å². The van der Waals surface area contributed by atoms with Gasteiger partial charge in [-0.3, -0.25) is 0 Å². The van der Waals surface area contributed by atoms with Crippen molar-refractivity contribution in [2.24, 2.45) is 0 Å². The van der Waals surface area contributed by atoms with Gasteiger partial charge in [-0.05, 0) is 18.9 Å². The summed E-state index contributed by atoms with van der Waals surface area (Å²) in [6, 6.07) is 0. The second-order valence-corrected chi connectivity index (χ2v) is 3.65. The predicted octanol–water partition coefficient (Wildman–Crippen LogP) is 1.55. The van der Waals surface area contributed by atoms with Gasteiger partial charge < -0.3 is 10.3 Å². The molecule has 2 aromatic heterocycles. The van der Waals surface area contributed by atoms with Gasteiger partial charge in [0, 0.05) is 37.8 Å². The Hall–Kier alpha value is -1.91. The summed E-state index contributed by atoms with van der Waals surface area (Å²) < 4.78 is 0. The van der Waals surface area contributed by atoms with E-state index in [1.165, 1.54) is 0 Å². The number of aromatic amines is 1. The number of hydrogen-bond acceptors (Lipinski definition) is 4. The second-order valence-electron chi connectivity index (χ2n) is 3.65. The molecular weight excluding hydrogens is 202 g/mol. The number of anilines is 1. The Labute approximate surface area is 94.4 Å². The summed E-state index contributed by atoms with van der Waals surface area (Å²) in [7, 11) is 0. The molecule has 0 aliphatic rings. The maximum Gasteiger partial charge on any atom is 0.222 e. The van der Waals surface area contributed by atoms with Crippen molar-refractivity contribution in [1.29, 1.82) is 0 Å². The molecule has 0 amide bonds. The van der Waals surface area contributed by atoms with E-state index in [0.717, 1.165) is 30.8 Å². The van der Waals surface area contributed by atoms with Gasteiger partial charge in [-0.1, -0.05) is 0 Å². The van der Waals surface area contributed by atoms with E-state index in [0.29, 0.717) is 5.95 Å². The molecule has 2 rings (SSSR count). The average Bonchev–Trinajstić information content (AvgIpc) is 2.80. The molecule has 0 bridgehead atoms. The van der Waals surface area contributed by atoms with Gasteiger partial charge in [0.25, 0.3) is 0 Å². The molecule has 0 spiro atoms. The number of nitrogens with zero attached hydrogens (tertiary/aromatic N) is 3. The first kappa shape index (κ1) is 10.6. The van der Waals surface area contributed by atoms with E-state index < -0.39 is 0 Å². The highest BCUT2D eigenvalue weighted by molar-refractivity contribution is 5.23. The molecule has 0 atom stereocenters. The summed E-state index contributed by atoms with van der Waals surface area (Å²) >= 11 is 0. The van der Waals surface area contributed by atoms with Crippen LogP contribution < -0.4 is 5.32 Å². The fraction of sp³-hybridized carbons (Fsp3) is 0.364. The summed E-state index contributed by atoms with van der Waals surface area (Å²) in [5.74, 6) is 1.71. The minimum atomic E-state index is 0.685. The maximum absolute atomic E-state index is 4.17. The number of rotatable bonds is 5. The number of aryl methyl sites for hydroxylation is 2. The lowest BCUT2D eigenvalue weighted by atomic mass is 10.3. The number of H-pyrrole nitrogens is 1. The summed E-state index contributed by atoms with van der Waals surface area (Å²) in [6.07, 6.45) is 9.16. The zero-order chi connectivity index (χ0) is 11.2. The Morgan fingerprint density at radius 2 is 2.06 bits per heavy atom. The average molecular weight is 217 g/mol. The van der Waals surface area contributed by atoms with Crippen LogP contribution in [-0.4, -0.2) is 26.5 Å². The molecule has 0 radical (unpaired) electrons. The molecule has 0 aliphatic heterocycles. The lowest BCUT2D eigenvalue weighted by molar-refractivity contribution is 0.810. The number of imidazole rings is 1. The van der Waals surface area contributed by atoms with Gasteiger partial charge in [-0.25, -0.2) is 15.0 Å². The lowest BCUT2D eigenvalue weighted by Gasteiger charge is -2.03. The lowest BCUT2D eigenvalue weighted by Crippen LogP contribution is -2.06. The van der Waals surface area contributed by atoms with E-state index in [1.54, 1.807) is 6.20 Å². The fourth-order valence-corrected chi connectivity index (χ4v) is 1.37. The molecule has 0 aliphatic carbocycles. The van der Waals surface area contributed by atoms with Crippen molar-refractivity contribution in [3.63, 3.8) is 0 Å². The third-order valence-corrected chi connectivity index (χ3v) is 2.21. The Morgan fingerprint density at radius 1 is 1.25 bits per heavy atom. The number of aromatic nitrogens is 4. The highest BCUT2D eigenvalue weighted by Gasteiger charge is 1.96. The highest BCUT2D eigenvalue weighted by atomic mass is 15.1. The van der Waals surface area contributed by atoms with Crippen molar-refractivity contribution in [3.8, 4) is 0 Å². The van der Waals surface area contributed by atoms with Crippen LogP contribution in [0, 0.1) is 6.92 Å². The zero-order valence-corrected chi connectivity index (χ0v) is 9.27. The van der Waals surface area contributed by atoms with E-state index in [-0.39, 0.29) is 0 Å². The van der Waals surface area contributed by atoms with Crippen LogP contribution in [0.25, 0.3) is 0 Å². The van der Waals surface area contributed by atoms with Crippen LogP contribution in [0.1, 0.15) is 17.8 Å². The molecule has 5 nitrogen and oxygen atoms in total. The number of hydrogen-bond donors (Lipinski definition) is 2. The van der Waals surface area contributed by atoms with Crippen molar-refractivity contribution in [2.45, 2.75) is 19.8 Å². The minimum absolute atomic E-state index is 0.685. The van der Waals surface area contributed by atoms with Gasteiger partial charge in [0.2, 0.25) is 5.95 Å². The minimum Gasteiger partial charge on any atom is -0.354 e. The van der Waals surface area contributed by atoms with Gasteiger partial charge >= 0.3 is 0 Å². The van der Waals surface area contributed by atoms with Gasteiger partial charge in [0.05, 0.1) is 0 Å². The van der Waals surface area contributed by atoms with Crippen molar-refractivity contribution >= 4 is 5.95 Å². The van der Waals surface area contributed by atoms with E-state index in [4.69, 9.17) is 0 Å².